The number of piperidine rings is 2. The first-order chi connectivity index (χ1) is 38.2. The van der Waals surface area contributed by atoms with Crippen molar-refractivity contribution in [1.29, 1.82) is 0 Å². The third kappa shape index (κ3) is 11.2. The average molecular weight is 1340 g/mol. The number of carbonyl (C=O) groups is 1. The quantitative estimate of drug-likeness (QED) is 0.199. The molecule has 6 saturated heterocycles. The number of ether oxygens (including phenoxy) is 4. The van der Waals surface area contributed by atoms with Gasteiger partial charge in [-0.15, -0.1) is 0 Å². The number of fused-ring (bicyclic) bond motifs is 14. The van der Waals surface area contributed by atoms with Crippen LogP contribution in [0.5, 0.6) is 0 Å². The monoisotopic (exact) mass is 1340 g/mol. The van der Waals surface area contributed by atoms with Gasteiger partial charge in [0.25, 0.3) is 0 Å². The number of nitrogens with zero attached hydrogens (tertiary/aromatic N) is 2. The van der Waals surface area contributed by atoms with Gasteiger partial charge in [-0.25, -0.2) is 4.79 Å². The fraction of sp³-hybridized carbons (Fsp3) is 0.985. The van der Waals surface area contributed by atoms with Crippen LogP contribution in [-0.2, 0) is 18.9 Å². The van der Waals surface area contributed by atoms with Crippen molar-refractivity contribution in [3.63, 3.8) is 0 Å². The Morgan fingerprint density at radius 1 is 0.475 bits per heavy atom. The molecule has 13 heteroatoms. The molecule has 0 bridgehead atoms. The average Bonchev–Trinajstić information content (AvgIpc) is 3.81. The molecule has 0 aromatic carbocycles. The first kappa shape index (κ1) is 62.0. The van der Waals surface area contributed by atoms with E-state index in [-0.39, 0.29) is 17.6 Å². The van der Waals surface area contributed by atoms with E-state index in [0.717, 1.165) is 106 Å². The van der Waals surface area contributed by atoms with Crippen LogP contribution in [0.1, 0.15) is 209 Å². The van der Waals surface area contributed by atoms with Crippen molar-refractivity contribution in [2.75, 3.05) is 53.5 Å². The molecule has 2 spiro atoms. The lowest BCUT2D eigenvalue weighted by molar-refractivity contribution is -0.273. The zero-order valence-corrected chi connectivity index (χ0v) is 56.4. The number of nitrogens with two attached hydrogens (primary N) is 2. The second-order valence-electron chi connectivity index (χ2n) is 32.2. The van der Waals surface area contributed by atoms with Gasteiger partial charge in [0.1, 0.15) is 0 Å². The van der Waals surface area contributed by atoms with Crippen molar-refractivity contribution in [1.82, 2.24) is 20.4 Å². The van der Waals surface area contributed by atoms with Crippen LogP contribution >= 0.6 is 37.2 Å². The summed E-state index contributed by atoms with van der Waals surface area (Å²) in [6.45, 7) is 26.5. The number of rotatable bonds is 2. The first-order valence-electron chi connectivity index (χ1n) is 33.9. The summed E-state index contributed by atoms with van der Waals surface area (Å²) in [4.78, 5) is 17.6. The lowest BCUT2D eigenvalue weighted by Gasteiger charge is -2.61. The number of likely N-dealkylation sites (tertiary alicyclic amines) is 2. The second-order valence-corrected chi connectivity index (χ2v) is 32.2. The van der Waals surface area contributed by atoms with Crippen LogP contribution in [0, 0.1) is 105 Å². The number of urea groups is 1. The number of halogens is 2. The summed E-state index contributed by atoms with van der Waals surface area (Å²) in [5, 5.41) is 6.71. The van der Waals surface area contributed by atoms with E-state index in [1.54, 1.807) is 0 Å². The summed E-state index contributed by atoms with van der Waals surface area (Å²) in [6, 6.07) is 1.68. The molecule has 14 fully saturated rings. The SMILES string of the molecule is CN1CCC(N)CC1.C[C@H]1CC[C@@]2(OC1)O[C@H]1C[C@H]3[C@@H]4CC[C@@H]5C[C@H](N)CC[C@]5(C)[C@H]4CC[C@]3(C)[C@H]1[C@@H]2C.C[C@H]1CC[C@@]2(OC1)O[C@H]1C[C@H]3[C@@H]4CC[C@@H]5C[C@H](NC(=O)NC6CCN(C)CC6)CC[C@]5(C)[C@H]4CC[C@]3(C)[C@H]1[C@@H]2C.II. The highest BCUT2D eigenvalue weighted by Crippen LogP contribution is 2.73. The van der Waals surface area contributed by atoms with E-state index in [0.29, 0.717) is 93.5 Å². The van der Waals surface area contributed by atoms with E-state index in [1.165, 1.54) is 135 Å². The second kappa shape index (κ2) is 24.4. The number of nitrogens with one attached hydrogen (secondary N) is 2. The minimum Gasteiger partial charge on any atom is -0.349 e. The minimum atomic E-state index is -0.304. The zero-order valence-electron chi connectivity index (χ0n) is 52.1. The lowest BCUT2D eigenvalue weighted by Crippen LogP contribution is -2.57. The molecule has 6 heterocycles. The number of carbonyl (C=O) groups excluding carboxylic acids is 1. The van der Waals surface area contributed by atoms with Gasteiger partial charge in [0.2, 0.25) is 0 Å². The molecule has 6 N–H and O–H groups in total. The number of amides is 2. The fourth-order valence-corrected chi connectivity index (χ4v) is 23.3. The molecule has 14 rings (SSSR count). The van der Waals surface area contributed by atoms with Crippen LogP contribution in [0.2, 0.25) is 0 Å². The molecule has 11 nitrogen and oxygen atoms in total. The summed E-state index contributed by atoms with van der Waals surface area (Å²) in [5.74, 6) is 10.0. The topological polar surface area (TPSA) is 137 Å². The maximum atomic E-state index is 12.9. The summed E-state index contributed by atoms with van der Waals surface area (Å²) >= 11 is 4.24. The van der Waals surface area contributed by atoms with Crippen LogP contribution in [-0.4, -0.2) is 117 Å². The van der Waals surface area contributed by atoms with Gasteiger partial charge in [-0.3, -0.25) is 0 Å². The van der Waals surface area contributed by atoms with Crippen molar-refractivity contribution < 1.29 is 23.7 Å². The Morgan fingerprint density at radius 3 is 1.38 bits per heavy atom. The van der Waals surface area contributed by atoms with Gasteiger partial charge in [0.05, 0.1) is 25.4 Å². The summed E-state index contributed by atoms with van der Waals surface area (Å²) < 4.78 is 26.9. The summed E-state index contributed by atoms with van der Waals surface area (Å²) in [6.07, 6.45) is 31.3. The van der Waals surface area contributed by atoms with Crippen LogP contribution in [0.25, 0.3) is 0 Å². The summed E-state index contributed by atoms with van der Waals surface area (Å²) in [7, 11) is 4.32. The van der Waals surface area contributed by atoms with Gasteiger partial charge in [-0.1, -0.05) is 55.4 Å². The molecule has 80 heavy (non-hydrogen) atoms. The molecular formula is C67H116I2N6O5. The van der Waals surface area contributed by atoms with E-state index in [9.17, 15) is 4.79 Å². The normalized spacial score (nSPS) is 52.6. The highest BCUT2D eigenvalue weighted by Gasteiger charge is 2.71. The van der Waals surface area contributed by atoms with Gasteiger partial charge >= 0.3 is 6.03 Å². The Bertz CT molecular complexity index is 2090. The van der Waals surface area contributed by atoms with Crippen molar-refractivity contribution in [2.24, 2.45) is 116 Å². The molecule has 14 aliphatic rings. The molecule has 8 saturated carbocycles. The lowest BCUT2D eigenvalue weighted by atomic mass is 9.44. The number of hydrogen-bond acceptors (Lipinski definition) is 9. The Labute approximate surface area is 510 Å². The van der Waals surface area contributed by atoms with Crippen LogP contribution < -0.4 is 22.1 Å². The molecule has 458 valence electrons. The highest BCUT2D eigenvalue weighted by atomic mass is 128. The Kier molecular flexibility index (Phi) is 18.9. The number of hydrogen-bond donors (Lipinski definition) is 4. The molecule has 0 aromatic heterocycles. The molecule has 0 radical (unpaired) electrons. The standard InChI is InChI=1S/C34H57N3O3.C27H45NO2.C6H14N2.I2/c1-21-8-15-34(39-20-21)22(2)30-29(40-34)19-28-26-7-6-23-18-25(36-31(38)35-24-11-16-37(5)17-12-24)9-13-32(23,3)27(26)10-14-33(28,30)4;1-16-7-12-27(29-15-16)17(2)24-23(30-27)14-22-20-6-5-18-13-19(28)8-10-25(18,3)21(20)9-11-26(22,24)4;1-8-4-2-6(7)3-5-8;1-2/h21-30H,6-20H2,1-5H3,(H2,35,36,38);16-24H,5-15,28H2,1-4H3;6H,2-5,7H2,1H3;/t21-,22-,23+,25+,26+,27-,28-,29-,30-,32-,33-,34+;16-,17-,18+,19+,20+,21-,22-,23-,24-,25-,26-,27+;;/m00../s1. The third-order valence-corrected chi connectivity index (χ3v) is 28.1. The van der Waals surface area contributed by atoms with E-state index in [1.807, 2.05) is 0 Å². The zero-order chi connectivity index (χ0) is 56.7. The van der Waals surface area contributed by atoms with Crippen LogP contribution in [0.3, 0.4) is 0 Å². The van der Waals surface area contributed by atoms with Crippen LogP contribution in [0.15, 0.2) is 0 Å². The van der Waals surface area contributed by atoms with E-state index in [4.69, 9.17) is 30.4 Å². The molecule has 8 aliphatic carbocycles. The van der Waals surface area contributed by atoms with E-state index >= 15 is 0 Å². The molecule has 6 aliphatic heterocycles. The van der Waals surface area contributed by atoms with Gasteiger partial charge < -0.3 is 50.8 Å². The predicted molar refractivity (Wildman–Crippen MR) is 340 cm³/mol. The van der Waals surface area contributed by atoms with Crippen molar-refractivity contribution in [3.05, 3.63) is 0 Å². The molecule has 24 atom stereocenters. The van der Waals surface area contributed by atoms with Crippen LogP contribution in [0.4, 0.5) is 4.79 Å². The minimum absolute atomic E-state index is 0.0751. The van der Waals surface area contributed by atoms with E-state index < -0.39 is 0 Å². The predicted octanol–water partition coefficient (Wildman–Crippen LogP) is 13.8. The van der Waals surface area contributed by atoms with Crippen molar-refractivity contribution >= 4 is 43.3 Å². The van der Waals surface area contributed by atoms with Crippen molar-refractivity contribution in [2.45, 2.75) is 257 Å². The fourth-order valence-electron chi connectivity index (χ4n) is 23.3. The maximum absolute atomic E-state index is 12.9. The van der Waals surface area contributed by atoms with Gasteiger partial charge in [-0.2, -0.15) is 0 Å². The van der Waals surface area contributed by atoms with Gasteiger partial charge in [0.15, 0.2) is 11.6 Å². The third-order valence-electron chi connectivity index (χ3n) is 28.1. The van der Waals surface area contributed by atoms with Gasteiger partial charge in [-0.05, 0) is 274 Å². The van der Waals surface area contributed by atoms with E-state index in [2.05, 4.69) is 127 Å². The smallest absolute Gasteiger partial charge is 0.315 e. The maximum Gasteiger partial charge on any atom is 0.315 e. The molecule has 0 aromatic rings. The molecule has 2 amide bonds. The molecule has 0 unspecified atom stereocenters. The summed E-state index contributed by atoms with van der Waals surface area (Å²) in [5.41, 5.74) is 13.9. The molecular weight excluding hydrogens is 1220 g/mol. The Hall–Kier alpha value is 0.410. The largest absolute Gasteiger partial charge is 0.349 e. The highest BCUT2D eigenvalue weighted by molar-refractivity contribution is 15.0. The Morgan fingerprint density at radius 2 is 0.912 bits per heavy atom. The Balaban J connectivity index is 0.000000148. The van der Waals surface area contributed by atoms with Gasteiger partial charge in [0, 0.05) is 86.1 Å². The van der Waals surface area contributed by atoms with Crippen molar-refractivity contribution in [3.8, 4) is 0 Å². The first-order valence-corrected chi connectivity index (χ1v) is 40.2.